The molecule has 0 radical (unpaired) electrons. The molecule has 0 amide bonds. The van der Waals surface area contributed by atoms with Crippen molar-refractivity contribution in [3.63, 3.8) is 0 Å². The highest BCUT2D eigenvalue weighted by atomic mass is 127. The highest BCUT2D eigenvalue weighted by molar-refractivity contribution is 14.0. The topological polar surface area (TPSA) is 66.9 Å². The number of guanidine groups is 1. The maximum Gasteiger partial charge on any atom is 0.191 e. The Morgan fingerprint density at radius 2 is 1.74 bits per heavy atom. The number of benzene rings is 2. The Balaban J connectivity index is 0.00000341. The van der Waals surface area contributed by atoms with Crippen molar-refractivity contribution in [2.45, 2.75) is 37.9 Å². The van der Waals surface area contributed by atoms with Gasteiger partial charge in [-0.15, -0.1) is 24.0 Å². The van der Waals surface area contributed by atoms with Gasteiger partial charge in [-0.1, -0.05) is 48.5 Å². The summed E-state index contributed by atoms with van der Waals surface area (Å²) in [5, 5.41) is 10.8. The van der Waals surface area contributed by atoms with Crippen molar-refractivity contribution < 1.29 is 9.47 Å². The van der Waals surface area contributed by atoms with Crippen LogP contribution in [0.4, 0.5) is 0 Å². The van der Waals surface area contributed by atoms with E-state index in [1.165, 1.54) is 5.56 Å². The molecular weight excluding hydrogens is 503 g/mol. The maximum absolute atomic E-state index is 5.65. The molecule has 1 atom stereocenters. The second-order valence-electron chi connectivity index (χ2n) is 7.76. The predicted octanol–water partition coefficient (Wildman–Crippen LogP) is 3.88. The van der Waals surface area contributed by atoms with Gasteiger partial charge in [-0.3, -0.25) is 4.99 Å². The number of nitrogens with one attached hydrogen (secondary N) is 3. The lowest BCUT2D eigenvalue weighted by atomic mass is 9.88. The van der Waals surface area contributed by atoms with E-state index in [0.29, 0.717) is 6.54 Å². The van der Waals surface area contributed by atoms with Gasteiger partial charge in [-0.25, -0.2) is 0 Å². The Morgan fingerprint density at radius 1 is 1.06 bits per heavy atom. The van der Waals surface area contributed by atoms with Gasteiger partial charge in [0.1, 0.15) is 5.75 Å². The zero-order valence-corrected chi connectivity index (χ0v) is 21.0. The smallest absolute Gasteiger partial charge is 0.191 e. The van der Waals surface area contributed by atoms with Crippen LogP contribution in [0.5, 0.6) is 5.75 Å². The van der Waals surface area contributed by atoms with Crippen molar-refractivity contribution in [1.82, 2.24) is 16.0 Å². The van der Waals surface area contributed by atoms with Crippen LogP contribution in [0.1, 0.15) is 36.9 Å². The molecule has 3 N–H and O–H groups in total. The van der Waals surface area contributed by atoms with Crippen molar-refractivity contribution in [3.8, 4) is 5.75 Å². The summed E-state index contributed by atoms with van der Waals surface area (Å²) < 4.78 is 11.1. The molecule has 1 unspecified atom stereocenters. The quantitative estimate of drug-likeness (QED) is 0.271. The molecule has 31 heavy (non-hydrogen) atoms. The first-order chi connectivity index (χ1) is 14.7. The molecule has 0 bridgehead atoms. The van der Waals surface area contributed by atoms with Gasteiger partial charge in [0, 0.05) is 50.5 Å². The van der Waals surface area contributed by atoms with Crippen molar-refractivity contribution in [2.75, 3.05) is 33.9 Å². The zero-order chi connectivity index (χ0) is 21.2. The minimum atomic E-state index is -0.0461. The molecule has 1 heterocycles. The van der Waals surface area contributed by atoms with E-state index in [4.69, 9.17) is 9.47 Å². The van der Waals surface area contributed by atoms with E-state index in [2.05, 4.69) is 64.3 Å². The average molecular weight is 538 g/mol. The molecule has 0 saturated carbocycles. The van der Waals surface area contributed by atoms with Gasteiger partial charge in [0.15, 0.2) is 5.96 Å². The van der Waals surface area contributed by atoms with Gasteiger partial charge in [-0.2, -0.15) is 0 Å². The molecule has 3 rings (SSSR count). The van der Waals surface area contributed by atoms with Crippen LogP contribution in [0.3, 0.4) is 0 Å². The Hall–Kier alpha value is -1.84. The van der Waals surface area contributed by atoms with E-state index < -0.39 is 0 Å². The number of aliphatic imine (C=N–C) groups is 1. The summed E-state index contributed by atoms with van der Waals surface area (Å²) in [6, 6.07) is 18.9. The molecule has 1 fully saturated rings. The van der Waals surface area contributed by atoms with E-state index in [-0.39, 0.29) is 35.6 Å². The summed E-state index contributed by atoms with van der Waals surface area (Å²) in [7, 11) is 3.49. The summed E-state index contributed by atoms with van der Waals surface area (Å²) >= 11 is 0. The molecule has 7 heteroatoms. The lowest BCUT2D eigenvalue weighted by molar-refractivity contribution is 0.0355. The fourth-order valence-electron chi connectivity index (χ4n) is 3.92. The molecule has 0 spiro atoms. The molecule has 2 aromatic rings. The van der Waals surface area contributed by atoms with E-state index in [1.807, 2.05) is 18.2 Å². The van der Waals surface area contributed by atoms with E-state index in [0.717, 1.165) is 49.9 Å². The SMILES string of the molecule is CN=C(NCc1ccccc1OC)NCC1(NC(C)c2ccccc2)CCOCC1.I. The Morgan fingerprint density at radius 3 is 2.42 bits per heavy atom. The monoisotopic (exact) mass is 538 g/mol. The van der Waals surface area contributed by atoms with Gasteiger partial charge in [0.25, 0.3) is 0 Å². The van der Waals surface area contributed by atoms with Crippen LogP contribution in [-0.2, 0) is 11.3 Å². The predicted molar refractivity (Wildman–Crippen MR) is 137 cm³/mol. The minimum Gasteiger partial charge on any atom is -0.496 e. The van der Waals surface area contributed by atoms with Crippen molar-refractivity contribution >= 4 is 29.9 Å². The highest BCUT2D eigenvalue weighted by Gasteiger charge is 2.34. The van der Waals surface area contributed by atoms with Crippen LogP contribution < -0.4 is 20.7 Å². The number of hydrogen-bond acceptors (Lipinski definition) is 4. The molecular formula is C24H35IN4O2. The molecule has 1 saturated heterocycles. The standard InChI is InChI=1S/C24H34N4O2.HI/c1-19(20-9-5-4-6-10-20)28-24(13-15-30-16-14-24)18-27-23(25-2)26-17-21-11-7-8-12-22(21)29-3;/h4-12,19,28H,13-18H2,1-3H3,(H2,25,26,27);1H. The third kappa shape index (κ3) is 7.36. The second-order valence-corrected chi connectivity index (χ2v) is 7.76. The van der Waals surface area contributed by atoms with Gasteiger partial charge in [0.05, 0.1) is 7.11 Å². The van der Waals surface area contributed by atoms with Crippen LogP contribution in [0.25, 0.3) is 0 Å². The number of methoxy groups -OCH3 is 1. The number of para-hydroxylation sites is 1. The summed E-state index contributed by atoms with van der Waals surface area (Å²) in [5.41, 5.74) is 2.34. The summed E-state index contributed by atoms with van der Waals surface area (Å²) in [4.78, 5) is 4.41. The van der Waals surface area contributed by atoms with Gasteiger partial charge in [-0.05, 0) is 31.4 Å². The van der Waals surface area contributed by atoms with E-state index in [9.17, 15) is 0 Å². The maximum atomic E-state index is 5.65. The first kappa shape index (κ1) is 25.4. The Bertz CT molecular complexity index is 810. The lowest BCUT2D eigenvalue weighted by Gasteiger charge is -2.41. The summed E-state index contributed by atoms with van der Waals surface area (Å²) in [6.07, 6.45) is 1.92. The van der Waals surface area contributed by atoms with Gasteiger partial charge in [0.2, 0.25) is 0 Å². The molecule has 6 nitrogen and oxygen atoms in total. The molecule has 2 aromatic carbocycles. The van der Waals surface area contributed by atoms with Crippen LogP contribution >= 0.6 is 24.0 Å². The first-order valence-electron chi connectivity index (χ1n) is 10.6. The molecule has 170 valence electrons. The van der Waals surface area contributed by atoms with E-state index >= 15 is 0 Å². The van der Waals surface area contributed by atoms with Crippen molar-refractivity contribution in [3.05, 3.63) is 65.7 Å². The fraction of sp³-hybridized carbons (Fsp3) is 0.458. The van der Waals surface area contributed by atoms with Crippen molar-refractivity contribution in [2.24, 2.45) is 4.99 Å². The fourth-order valence-corrected chi connectivity index (χ4v) is 3.92. The number of rotatable bonds is 8. The molecule has 0 aromatic heterocycles. The van der Waals surface area contributed by atoms with Crippen LogP contribution in [0.2, 0.25) is 0 Å². The zero-order valence-electron chi connectivity index (χ0n) is 18.7. The van der Waals surface area contributed by atoms with Crippen LogP contribution in [-0.4, -0.2) is 45.4 Å². The second kappa shape index (κ2) is 12.9. The van der Waals surface area contributed by atoms with Crippen molar-refractivity contribution in [1.29, 1.82) is 0 Å². The molecule has 1 aliphatic heterocycles. The average Bonchev–Trinajstić information content (AvgIpc) is 2.80. The van der Waals surface area contributed by atoms with Gasteiger partial charge < -0.3 is 25.4 Å². The number of nitrogens with zero attached hydrogens (tertiary/aromatic N) is 1. The normalized spacial score (nSPS) is 16.7. The molecule has 1 aliphatic rings. The third-order valence-corrected chi connectivity index (χ3v) is 5.73. The van der Waals surface area contributed by atoms with Gasteiger partial charge >= 0.3 is 0 Å². The third-order valence-electron chi connectivity index (χ3n) is 5.73. The lowest BCUT2D eigenvalue weighted by Crippen LogP contribution is -2.58. The van der Waals surface area contributed by atoms with Crippen LogP contribution in [0, 0.1) is 0 Å². The first-order valence-corrected chi connectivity index (χ1v) is 10.6. The largest absolute Gasteiger partial charge is 0.496 e. The number of hydrogen-bond donors (Lipinski definition) is 3. The summed E-state index contributed by atoms with van der Waals surface area (Å²) in [6.45, 7) is 5.18. The highest BCUT2D eigenvalue weighted by Crippen LogP contribution is 2.25. The van der Waals surface area contributed by atoms with E-state index in [1.54, 1.807) is 14.2 Å². The summed E-state index contributed by atoms with van der Waals surface area (Å²) in [5.74, 6) is 1.65. The Labute approximate surface area is 203 Å². The minimum absolute atomic E-state index is 0. The Kier molecular flexibility index (Phi) is 10.6. The molecule has 0 aliphatic carbocycles. The van der Waals surface area contributed by atoms with Crippen LogP contribution in [0.15, 0.2) is 59.6 Å². The number of halogens is 1. The number of ether oxygens (including phenoxy) is 2.